The lowest BCUT2D eigenvalue weighted by atomic mass is 9.98. The first-order chi connectivity index (χ1) is 17.0. The maximum Gasteiger partial charge on any atom is 0.332 e. The summed E-state index contributed by atoms with van der Waals surface area (Å²) >= 11 is 0. The van der Waals surface area contributed by atoms with Crippen LogP contribution >= 0.6 is 0 Å². The molecular formula is C27H49N3O6. The van der Waals surface area contributed by atoms with Gasteiger partial charge in [-0.2, -0.15) is 0 Å². The first kappa shape index (κ1) is 33.4. The zero-order chi connectivity index (χ0) is 27.4. The minimum Gasteiger partial charge on any atom is -0.462 e. The SMILES string of the molecule is CCCN/C(C)=C\C(=O)OCCC(C)(CCOC(=O)/C=C(/C)NCCC)OC(=O)CC(C)NCCC. The lowest BCUT2D eigenvalue weighted by Gasteiger charge is -2.30. The summed E-state index contributed by atoms with van der Waals surface area (Å²) in [4.78, 5) is 36.8. The Morgan fingerprint density at radius 3 is 1.67 bits per heavy atom. The molecule has 0 saturated heterocycles. The molecule has 0 aliphatic carbocycles. The topological polar surface area (TPSA) is 115 Å². The van der Waals surface area contributed by atoms with Crippen LogP contribution in [0.1, 0.15) is 87.0 Å². The van der Waals surface area contributed by atoms with Crippen molar-refractivity contribution in [3.63, 3.8) is 0 Å². The molecule has 1 unspecified atom stereocenters. The fourth-order valence-electron chi connectivity index (χ4n) is 3.17. The molecule has 36 heavy (non-hydrogen) atoms. The van der Waals surface area contributed by atoms with E-state index < -0.39 is 17.5 Å². The predicted octanol–water partition coefficient (Wildman–Crippen LogP) is 3.74. The van der Waals surface area contributed by atoms with Crippen molar-refractivity contribution in [2.75, 3.05) is 32.8 Å². The maximum atomic E-state index is 12.6. The third-order valence-electron chi connectivity index (χ3n) is 5.30. The van der Waals surface area contributed by atoms with Crippen LogP contribution in [-0.2, 0) is 28.6 Å². The highest BCUT2D eigenvalue weighted by atomic mass is 16.6. The Balaban J connectivity index is 5.01. The summed E-state index contributed by atoms with van der Waals surface area (Å²) in [7, 11) is 0. The van der Waals surface area contributed by atoms with Crippen molar-refractivity contribution in [2.24, 2.45) is 0 Å². The molecule has 0 heterocycles. The molecule has 0 fully saturated rings. The van der Waals surface area contributed by atoms with Crippen LogP contribution in [0, 0.1) is 0 Å². The first-order valence-corrected chi connectivity index (χ1v) is 13.2. The Morgan fingerprint density at radius 1 is 0.806 bits per heavy atom. The number of carbonyl (C=O) groups is 3. The quantitative estimate of drug-likeness (QED) is 0.128. The van der Waals surface area contributed by atoms with E-state index in [0.717, 1.165) is 50.3 Å². The third kappa shape index (κ3) is 17.8. The number of allylic oxidation sites excluding steroid dienone is 2. The van der Waals surface area contributed by atoms with Crippen LogP contribution in [0.15, 0.2) is 23.5 Å². The van der Waals surface area contributed by atoms with Crippen molar-refractivity contribution in [3.05, 3.63) is 23.5 Å². The van der Waals surface area contributed by atoms with Crippen LogP contribution in [0.5, 0.6) is 0 Å². The number of rotatable bonds is 20. The fraction of sp³-hybridized carbons (Fsp3) is 0.741. The Bertz CT molecular complexity index is 678. The number of nitrogens with one attached hydrogen (secondary N) is 3. The molecular weight excluding hydrogens is 462 g/mol. The number of ether oxygens (including phenoxy) is 3. The number of hydrogen-bond donors (Lipinski definition) is 3. The van der Waals surface area contributed by atoms with Gasteiger partial charge in [0.15, 0.2) is 0 Å². The van der Waals surface area contributed by atoms with E-state index in [0.29, 0.717) is 0 Å². The molecule has 0 aromatic heterocycles. The second-order valence-electron chi connectivity index (χ2n) is 9.33. The lowest BCUT2D eigenvalue weighted by molar-refractivity contribution is -0.163. The molecule has 0 aliphatic heterocycles. The average molecular weight is 512 g/mol. The van der Waals surface area contributed by atoms with E-state index in [2.05, 4.69) is 22.9 Å². The van der Waals surface area contributed by atoms with E-state index in [1.54, 1.807) is 20.8 Å². The van der Waals surface area contributed by atoms with Gasteiger partial charge in [0.2, 0.25) is 0 Å². The molecule has 0 aromatic carbocycles. The molecule has 0 aromatic rings. The van der Waals surface area contributed by atoms with Gasteiger partial charge in [-0.05, 0) is 53.5 Å². The van der Waals surface area contributed by atoms with Crippen molar-refractivity contribution in [1.29, 1.82) is 0 Å². The van der Waals surface area contributed by atoms with E-state index in [1.165, 1.54) is 12.2 Å². The van der Waals surface area contributed by atoms with E-state index in [1.807, 2.05) is 20.8 Å². The van der Waals surface area contributed by atoms with Gasteiger partial charge in [0.1, 0.15) is 5.60 Å². The molecule has 9 heteroatoms. The van der Waals surface area contributed by atoms with Crippen LogP contribution in [-0.4, -0.2) is 62.4 Å². The van der Waals surface area contributed by atoms with Crippen LogP contribution in [0.3, 0.4) is 0 Å². The van der Waals surface area contributed by atoms with Gasteiger partial charge in [-0.15, -0.1) is 0 Å². The Labute approximate surface area is 217 Å². The second kappa shape index (κ2) is 19.6. The number of hydrogen-bond acceptors (Lipinski definition) is 9. The molecule has 1 atom stereocenters. The van der Waals surface area contributed by atoms with Gasteiger partial charge in [0.05, 0.1) is 19.6 Å². The van der Waals surface area contributed by atoms with Crippen LogP contribution in [0.4, 0.5) is 0 Å². The van der Waals surface area contributed by atoms with Gasteiger partial charge in [0, 0.05) is 55.5 Å². The first-order valence-electron chi connectivity index (χ1n) is 13.2. The monoisotopic (exact) mass is 511 g/mol. The molecule has 0 aliphatic rings. The summed E-state index contributed by atoms with van der Waals surface area (Å²) < 4.78 is 16.5. The van der Waals surface area contributed by atoms with Gasteiger partial charge >= 0.3 is 17.9 Å². The highest BCUT2D eigenvalue weighted by Crippen LogP contribution is 2.22. The highest BCUT2D eigenvalue weighted by molar-refractivity contribution is 5.83. The molecule has 0 spiro atoms. The average Bonchev–Trinajstić information content (AvgIpc) is 2.79. The summed E-state index contributed by atoms with van der Waals surface area (Å²) in [5, 5.41) is 9.50. The zero-order valence-electron chi connectivity index (χ0n) is 23.5. The molecule has 0 radical (unpaired) electrons. The van der Waals surface area contributed by atoms with Crippen molar-refractivity contribution < 1.29 is 28.6 Å². The predicted molar refractivity (Wildman–Crippen MR) is 142 cm³/mol. The van der Waals surface area contributed by atoms with Crippen molar-refractivity contribution in [3.8, 4) is 0 Å². The summed E-state index contributed by atoms with van der Waals surface area (Å²) in [5.74, 6) is -1.28. The summed E-state index contributed by atoms with van der Waals surface area (Å²) in [6.07, 6.45) is 6.45. The molecule has 0 bridgehead atoms. The van der Waals surface area contributed by atoms with Crippen molar-refractivity contribution in [1.82, 2.24) is 16.0 Å². The number of carbonyl (C=O) groups excluding carboxylic acids is 3. The largest absolute Gasteiger partial charge is 0.462 e. The van der Waals surface area contributed by atoms with Crippen molar-refractivity contribution >= 4 is 17.9 Å². The smallest absolute Gasteiger partial charge is 0.332 e. The minimum atomic E-state index is -0.958. The van der Waals surface area contributed by atoms with E-state index in [-0.39, 0.29) is 44.5 Å². The van der Waals surface area contributed by atoms with Gasteiger partial charge in [-0.3, -0.25) is 4.79 Å². The van der Waals surface area contributed by atoms with Gasteiger partial charge in [-0.1, -0.05) is 20.8 Å². The fourth-order valence-corrected chi connectivity index (χ4v) is 3.17. The standard InChI is InChI=1S/C27H49N3O6/c1-8-13-28-21(4)18-24(31)34-16-11-27(7,36-26(33)20-23(6)30-15-10-3)12-17-35-25(32)19-22(5)29-14-9-2/h18-19,23,28-30H,8-17,20H2,1-7H3/b21-18-,22-19-. The summed E-state index contributed by atoms with van der Waals surface area (Å²) in [5.41, 5.74) is 0.502. The number of esters is 3. The van der Waals surface area contributed by atoms with Crippen LogP contribution in [0.2, 0.25) is 0 Å². The van der Waals surface area contributed by atoms with Gasteiger partial charge in [0.25, 0.3) is 0 Å². The molecule has 0 saturated carbocycles. The van der Waals surface area contributed by atoms with E-state index in [4.69, 9.17) is 14.2 Å². The Morgan fingerprint density at radius 2 is 1.25 bits per heavy atom. The summed E-state index contributed by atoms with van der Waals surface area (Å²) in [6.45, 7) is 16.0. The normalized spacial score (nSPS) is 14.4. The van der Waals surface area contributed by atoms with Crippen LogP contribution in [0.25, 0.3) is 0 Å². The van der Waals surface area contributed by atoms with E-state index >= 15 is 0 Å². The Kier molecular flexibility index (Phi) is 18.2. The third-order valence-corrected chi connectivity index (χ3v) is 5.30. The lowest BCUT2D eigenvalue weighted by Crippen LogP contribution is -2.37. The molecule has 208 valence electrons. The van der Waals surface area contributed by atoms with Gasteiger partial charge < -0.3 is 30.2 Å². The highest BCUT2D eigenvalue weighted by Gasteiger charge is 2.30. The molecule has 3 N–H and O–H groups in total. The minimum absolute atomic E-state index is 0.0233. The maximum absolute atomic E-state index is 12.6. The van der Waals surface area contributed by atoms with Gasteiger partial charge in [-0.25, -0.2) is 9.59 Å². The van der Waals surface area contributed by atoms with Crippen molar-refractivity contribution in [2.45, 2.75) is 98.6 Å². The molecule has 0 amide bonds. The Hall–Kier alpha value is -2.55. The second-order valence-corrected chi connectivity index (χ2v) is 9.33. The molecule has 9 nitrogen and oxygen atoms in total. The van der Waals surface area contributed by atoms with Crippen LogP contribution < -0.4 is 16.0 Å². The molecule has 0 rings (SSSR count). The zero-order valence-corrected chi connectivity index (χ0v) is 23.5. The summed E-state index contributed by atoms with van der Waals surface area (Å²) in [6, 6.07) is -0.0233. The van der Waals surface area contributed by atoms with E-state index in [9.17, 15) is 14.4 Å².